The zero-order valence-corrected chi connectivity index (χ0v) is 18.0. The van der Waals surface area contributed by atoms with Gasteiger partial charge in [-0.1, -0.05) is 30.7 Å². The van der Waals surface area contributed by atoms with E-state index in [-0.39, 0.29) is 0 Å². The molecule has 6 heteroatoms. The Kier molecular flexibility index (Phi) is 4.92. The molecule has 6 rings (SSSR count). The molecule has 0 bridgehead atoms. The third kappa shape index (κ3) is 3.67. The maximum absolute atomic E-state index is 4.63. The van der Waals surface area contributed by atoms with Crippen LogP contribution in [0.1, 0.15) is 36.1 Å². The van der Waals surface area contributed by atoms with Crippen LogP contribution in [0.25, 0.3) is 39.6 Å². The number of rotatable bonds is 4. The van der Waals surface area contributed by atoms with Crippen molar-refractivity contribution in [3.63, 3.8) is 0 Å². The lowest BCUT2D eigenvalue weighted by atomic mass is 10.0. The van der Waals surface area contributed by atoms with Crippen molar-refractivity contribution >= 4 is 17.1 Å². The number of hydrogen-bond donors (Lipinski definition) is 2. The summed E-state index contributed by atoms with van der Waals surface area (Å²) in [6.07, 6.45) is 19.1. The zero-order chi connectivity index (χ0) is 21.3. The van der Waals surface area contributed by atoms with Crippen molar-refractivity contribution < 1.29 is 0 Å². The smallest absolute Gasteiger partial charge is 0.181 e. The topological polar surface area (TPSA) is 73.5 Å². The van der Waals surface area contributed by atoms with Gasteiger partial charge in [-0.25, -0.2) is 4.98 Å². The van der Waals surface area contributed by atoms with Crippen LogP contribution in [0, 0.1) is 0 Å². The van der Waals surface area contributed by atoms with Crippen LogP contribution in [0.4, 0.5) is 0 Å². The van der Waals surface area contributed by atoms with E-state index in [1.807, 2.05) is 18.6 Å². The van der Waals surface area contributed by atoms with Gasteiger partial charge in [0.25, 0.3) is 0 Å². The minimum atomic E-state index is 0.724. The fourth-order valence-corrected chi connectivity index (χ4v) is 4.76. The molecule has 32 heavy (non-hydrogen) atoms. The van der Waals surface area contributed by atoms with Crippen LogP contribution in [0.5, 0.6) is 0 Å². The molecule has 1 aliphatic heterocycles. The Morgan fingerprint density at radius 1 is 0.938 bits per heavy atom. The molecule has 1 fully saturated rings. The van der Waals surface area contributed by atoms with Gasteiger partial charge in [-0.2, -0.15) is 5.10 Å². The summed E-state index contributed by atoms with van der Waals surface area (Å²) in [5, 5.41) is 8.64. The molecule has 1 aliphatic carbocycles. The van der Waals surface area contributed by atoms with Gasteiger partial charge in [0.1, 0.15) is 0 Å². The molecule has 0 atom stereocenters. The molecule has 6 nitrogen and oxygen atoms in total. The van der Waals surface area contributed by atoms with Gasteiger partial charge in [0.2, 0.25) is 0 Å². The van der Waals surface area contributed by atoms with Crippen molar-refractivity contribution in [3.8, 4) is 22.5 Å². The lowest BCUT2D eigenvalue weighted by Gasteiger charge is -2.26. The van der Waals surface area contributed by atoms with E-state index in [1.165, 1.54) is 49.2 Å². The van der Waals surface area contributed by atoms with Crippen LogP contribution in [0.2, 0.25) is 0 Å². The monoisotopic (exact) mass is 422 g/mol. The fraction of sp³-hybridized carbons (Fsp3) is 0.269. The predicted octanol–water partition coefficient (Wildman–Crippen LogP) is 5.13. The normalized spacial score (nSPS) is 16.4. The average molecular weight is 423 g/mol. The van der Waals surface area contributed by atoms with Crippen LogP contribution in [-0.4, -0.2) is 43.1 Å². The first kappa shape index (κ1) is 19.2. The molecule has 0 amide bonds. The first-order valence-electron chi connectivity index (χ1n) is 11.4. The molecule has 4 aromatic rings. The van der Waals surface area contributed by atoms with E-state index in [2.05, 4.69) is 72.6 Å². The second kappa shape index (κ2) is 8.20. The Morgan fingerprint density at radius 2 is 1.84 bits per heavy atom. The maximum atomic E-state index is 4.63. The summed E-state index contributed by atoms with van der Waals surface area (Å²) in [5.41, 5.74) is 8.57. The number of likely N-dealkylation sites (tertiary alicyclic amines) is 1. The van der Waals surface area contributed by atoms with Crippen LogP contribution in [-0.2, 0) is 13.0 Å². The number of hydrogen-bond acceptors (Lipinski definition) is 4. The molecule has 1 saturated heterocycles. The van der Waals surface area contributed by atoms with Crippen LogP contribution >= 0.6 is 0 Å². The SMILES string of the molecule is C1=CCc2[nH]c(-c3[nH]nc4ncc(-c5cncc(CN6CCCCC6)c5)cc34)cc2C=C1. The third-order valence-electron chi connectivity index (χ3n) is 6.44. The van der Waals surface area contributed by atoms with Gasteiger partial charge in [0.15, 0.2) is 5.65 Å². The Bertz CT molecular complexity index is 1320. The van der Waals surface area contributed by atoms with E-state index in [0.717, 1.165) is 46.5 Å². The number of pyridine rings is 2. The lowest BCUT2D eigenvalue weighted by molar-refractivity contribution is 0.220. The maximum Gasteiger partial charge on any atom is 0.181 e. The van der Waals surface area contributed by atoms with E-state index in [9.17, 15) is 0 Å². The summed E-state index contributed by atoms with van der Waals surface area (Å²) in [7, 11) is 0. The number of H-pyrrole nitrogens is 2. The van der Waals surface area contributed by atoms with Gasteiger partial charge in [0.05, 0.1) is 11.4 Å². The number of allylic oxidation sites excluding steroid dienone is 3. The van der Waals surface area contributed by atoms with E-state index >= 15 is 0 Å². The van der Waals surface area contributed by atoms with E-state index in [1.54, 1.807) is 0 Å². The molecule has 0 saturated carbocycles. The number of fused-ring (bicyclic) bond motifs is 2. The first-order valence-corrected chi connectivity index (χ1v) is 11.4. The molecule has 2 N–H and O–H groups in total. The van der Waals surface area contributed by atoms with Gasteiger partial charge in [-0.3, -0.25) is 15.0 Å². The molecule has 5 heterocycles. The fourth-order valence-electron chi connectivity index (χ4n) is 4.76. The standard InChI is InChI=1S/C26H26N6/c1-3-7-19-13-24(29-23(19)8-4-1)25-22-12-21(16-28-26(22)31-30-25)20-11-18(14-27-15-20)17-32-9-5-2-6-10-32/h1,3-4,7,11-16,29H,2,5-6,8-10,17H2,(H,28,30,31). The van der Waals surface area contributed by atoms with Gasteiger partial charge in [0, 0.05) is 53.8 Å². The highest BCUT2D eigenvalue weighted by Crippen LogP contribution is 2.31. The zero-order valence-electron chi connectivity index (χ0n) is 18.0. The van der Waals surface area contributed by atoms with Crippen molar-refractivity contribution in [2.75, 3.05) is 13.1 Å². The number of aromatic amines is 2. The summed E-state index contributed by atoms with van der Waals surface area (Å²) >= 11 is 0. The second-order valence-corrected chi connectivity index (χ2v) is 8.72. The molecular formula is C26H26N6. The Morgan fingerprint density at radius 3 is 2.78 bits per heavy atom. The largest absolute Gasteiger partial charge is 0.356 e. The summed E-state index contributed by atoms with van der Waals surface area (Å²) in [6, 6.07) is 6.60. The average Bonchev–Trinajstić information content (AvgIpc) is 3.37. The lowest BCUT2D eigenvalue weighted by Crippen LogP contribution is -2.29. The number of aromatic nitrogens is 5. The molecule has 160 valence electrons. The quantitative estimate of drug-likeness (QED) is 0.478. The second-order valence-electron chi connectivity index (χ2n) is 8.72. The van der Waals surface area contributed by atoms with Gasteiger partial charge < -0.3 is 4.98 Å². The van der Waals surface area contributed by atoms with E-state index < -0.39 is 0 Å². The Hall–Kier alpha value is -3.51. The first-order chi connectivity index (χ1) is 15.8. The van der Waals surface area contributed by atoms with E-state index in [4.69, 9.17) is 0 Å². The number of piperidine rings is 1. The van der Waals surface area contributed by atoms with E-state index in [0.29, 0.717) is 0 Å². The highest BCUT2D eigenvalue weighted by atomic mass is 15.2. The van der Waals surface area contributed by atoms with Crippen LogP contribution in [0.3, 0.4) is 0 Å². The molecule has 0 spiro atoms. The minimum absolute atomic E-state index is 0.724. The molecule has 0 unspecified atom stereocenters. The summed E-state index contributed by atoms with van der Waals surface area (Å²) in [6.45, 7) is 3.33. The van der Waals surface area contributed by atoms with Crippen molar-refractivity contribution in [2.24, 2.45) is 0 Å². The molecule has 2 aliphatic rings. The summed E-state index contributed by atoms with van der Waals surface area (Å²) in [5.74, 6) is 0. The highest BCUT2D eigenvalue weighted by molar-refractivity contribution is 5.93. The Balaban J connectivity index is 1.34. The van der Waals surface area contributed by atoms with Gasteiger partial charge >= 0.3 is 0 Å². The molecule has 0 radical (unpaired) electrons. The van der Waals surface area contributed by atoms with Crippen molar-refractivity contribution in [1.29, 1.82) is 0 Å². The Labute approximate surface area is 187 Å². The van der Waals surface area contributed by atoms with Gasteiger partial charge in [-0.05, 0) is 55.3 Å². The summed E-state index contributed by atoms with van der Waals surface area (Å²) in [4.78, 5) is 15.2. The van der Waals surface area contributed by atoms with Crippen LogP contribution in [0.15, 0.2) is 55.0 Å². The predicted molar refractivity (Wildman–Crippen MR) is 128 cm³/mol. The van der Waals surface area contributed by atoms with Crippen LogP contribution < -0.4 is 0 Å². The van der Waals surface area contributed by atoms with Crippen molar-refractivity contribution in [2.45, 2.75) is 32.2 Å². The van der Waals surface area contributed by atoms with Crippen molar-refractivity contribution in [1.82, 2.24) is 30.0 Å². The number of nitrogens with zero attached hydrogens (tertiary/aromatic N) is 4. The summed E-state index contributed by atoms with van der Waals surface area (Å²) < 4.78 is 0. The molecular weight excluding hydrogens is 396 g/mol. The van der Waals surface area contributed by atoms with Crippen molar-refractivity contribution in [3.05, 3.63) is 71.8 Å². The highest BCUT2D eigenvalue weighted by Gasteiger charge is 2.15. The van der Waals surface area contributed by atoms with Gasteiger partial charge in [-0.15, -0.1) is 0 Å². The third-order valence-corrected chi connectivity index (χ3v) is 6.44. The number of nitrogens with one attached hydrogen (secondary N) is 2. The minimum Gasteiger partial charge on any atom is -0.356 e. The molecule has 0 aromatic carbocycles. The molecule has 4 aromatic heterocycles.